The van der Waals surface area contributed by atoms with E-state index < -0.39 is 10.8 Å². The second-order valence-corrected chi connectivity index (χ2v) is 7.18. The number of hydrogen-bond acceptors (Lipinski definition) is 3. The molecular formula is C14H17BrN2OS. The van der Waals surface area contributed by atoms with E-state index in [1.165, 1.54) is 0 Å². The SMILES string of the molecule is CC(CCNc1nccc2c(Br)cccc12)S(C)=O. The molecule has 19 heavy (non-hydrogen) atoms. The van der Waals surface area contributed by atoms with Crippen molar-refractivity contribution in [2.75, 3.05) is 18.1 Å². The normalized spacial score (nSPS) is 14.3. The summed E-state index contributed by atoms with van der Waals surface area (Å²) in [5.41, 5.74) is 0. The first-order chi connectivity index (χ1) is 9.09. The largest absolute Gasteiger partial charge is 0.370 e. The molecule has 0 aliphatic rings. The molecule has 0 bridgehead atoms. The summed E-state index contributed by atoms with van der Waals surface area (Å²) in [5.74, 6) is 0.882. The van der Waals surface area contributed by atoms with Gasteiger partial charge in [-0.25, -0.2) is 4.98 Å². The van der Waals surface area contributed by atoms with Gasteiger partial charge in [0.25, 0.3) is 0 Å². The van der Waals surface area contributed by atoms with Gasteiger partial charge in [-0.3, -0.25) is 4.21 Å². The lowest BCUT2D eigenvalue weighted by atomic mass is 10.1. The van der Waals surface area contributed by atoms with Gasteiger partial charge in [0.05, 0.1) is 0 Å². The van der Waals surface area contributed by atoms with Crippen LogP contribution in [-0.4, -0.2) is 27.2 Å². The van der Waals surface area contributed by atoms with Gasteiger partial charge in [-0.2, -0.15) is 0 Å². The molecule has 0 amide bonds. The fraction of sp³-hybridized carbons (Fsp3) is 0.357. The number of fused-ring (bicyclic) bond motifs is 1. The van der Waals surface area contributed by atoms with Crippen LogP contribution in [0.1, 0.15) is 13.3 Å². The molecule has 2 aromatic rings. The Balaban J connectivity index is 2.13. The number of pyridine rings is 1. The first-order valence-corrected chi connectivity index (χ1v) is 8.60. The monoisotopic (exact) mass is 340 g/mol. The molecule has 0 aliphatic carbocycles. The highest BCUT2D eigenvalue weighted by molar-refractivity contribution is 9.10. The Labute approximate surface area is 124 Å². The van der Waals surface area contributed by atoms with E-state index in [4.69, 9.17) is 0 Å². The highest BCUT2D eigenvalue weighted by Crippen LogP contribution is 2.27. The Kier molecular flexibility index (Phi) is 4.93. The smallest absolute Gasteiger partial charge is 0.133 e. The second kappa shape index (κ2) is 6.48. The number of aromatic nitrogens is 1. The quantitative estimate of drug-likeness (QED) is 0.904. The van der Waals surface area contributed by atoms with E-state index in [-0.39, 0.29) is 5.25 Å². The van der Waals surface area contributed by atoms with Crippen LogP contribution in [0, 0.1) is 0 Å². The minimum Gasteiger partial charge on any atom is -0.370 e. The lowest BCUT2D eigenvalue weighted by Gasteiger charge is -2.11. The summed E-state index contributed by atoms with van der Waals surface area (Å²) in [6, 6.07) is 8.07. The summed E-state index contributed by atoms with van der Waals surface area (Å²) in [4.78, 5) is 4.38. The van der Waals surface area contributed by atoms with Crippen LogP contribution in [0.2, 0.25) is 0 Å². The Morgan fingerprint density at radius 3 is 2.89 bits per heavy atom. The first kappa shape index (κ1) is 14.5. The summed E-state index contributed by atoms with van der Waals surface area (Å²) in [6.07, 6.45) is 4.42. The highest BCUT2D eigenvalue weighted by Gasteiger charge is 2.07. The standard InChI is InChI=1S/C14H17BrN2OS/c1-10(19(2)18)6-8-16-14-12-4-3-5-13(15)11(12)7-9-17-14/h3-5,7,9-10H,6,8H2,1-2H3,(H,16,17). The van der Waals surface area contributed by atoms with Crippen LogP contribution in [0.25, 0.3) is 10.8 Å². The zero-order valence-electron chi connectivity index (χ0n) is 11.0. The molecular weight excluding hydrogens is 324 g/mol. The fourth-order valence-electron chi connectivity index (χ4n) is 1.87. The molecule has 2 atom stereocenters. The molecule has 2 unspecified atom stereocenters. The van der Waals surface area contributed by atoms with Crippen LogP contribution < -0.4 is 5.32 Å². The Morgan fingerprint density at radius 1 is 1.37 bits per heavy atom. The number of benzene rings is 1. The van der Waals surface area contributed by atoms with E-state index in [9.17, 15) is 4.21 Å². The van der Waals surface area contributed by atoms with Gasteiger partial charge in [0.2, 0.25) is 0 Å². The first-order valence-electron chi connectivity index (χ1n) is 6.19. The van der Waals surface area contributed by atoms with Crippen LogP contribution in [-0.2, 0) is 10.8 Å². The fourth-order valence-corrected chi connectivity index (χ4v) is 2.82. The van der Waals surface area contributed by atoms with Crippen molar-refractivity contribution in [3.63, 3.8) is 0 Å². The summed E-state index contributed by atoms with van der Waals surface area (Å²) in [7, 11) is -0.767. The number of nitrogens with zero attached hydrogens (tertiary/aromatic N) is 1. The predicted molar refractivity (Wildman–Crippen MR) is 86.1 cm³/mol. The van der Waals surface area contributed by atoms with Crippen molar-refractivity contribution in [2.45, 2.75) is 18.6 Å². The molecule has 2 rings (SSSR count). The zero-order chi connectivity index (χ0) is 13.8. The maximum atomic E-state index is 11.3. The van der Waals surface area contributed by atoms with Crippen LogP contribution >= 0.6 is 15.9 Å². The highest BCUT2D eigenvalue weighted by atomic mass is 79.9. The van der Waals surface area contributed by atoms with Crippen LogP contribution in [0.4, 0.5) is 5.82 Å². The third-order valence-electron chi connectivity index (χ3n) is 3.16. The maximum Gasteiger partial charge on any atom is 0.133 e. The van der Waals surface area contributed by atoms with Crippen molar-refractivity contribution in [1.82, 2.24) is 4.98 Å². The summed E-state index contributed by atoms with van der Waals surface area (Å²) < 4.78 is 12.4. The predicted octanol–water partition coefficient (Wildman–Crippen LogP) is 3.57. The molecule has 3 nitrogen and oxygen atoms in total. The van der Waals surface area contributed by atoms with Gasteiger partial charge in [-0.1, -0.05) is 35.0 Å². The van der Waals surface area contributed by atoms with Gasteiger partial charge in [0.1, 0.15) is 5.82 Å². The second-order valence-electron chi connectivity index (χ2n) is 4.52. The van der Waals surface area contributed by atoms with Gasteiger partial charge in [-0.15, -0.1) is 0 Å². The van der Waals surface area contributed by atoms with Gasteiger partial charge in [0, 0.05) is 50.3 Å². The van der Waals surface area contributed by atoms with Crippen molar-refractivity contribution in [3.05, 3.63) is 34.9 Å². The van der Waals surface area contributed by atoms with Crippen LogP contribution in [0.3, 0.4) is 0 Å². The van der Waals surface area contributed by atoms with Gasteiger partial charge < -0.3 is 5.32 Å². The number of nitrogens with one attached hydrogen (secondary N) is 1. The molecule has 5 heteroatoms. The van der Waals surface area contributed by atoms with Gasteiger partial charge in [0.15, 0.2) is 0 Å². The molecule has 1 aromatic carbocycles. The Morgan fingerprint density at radius 2 is 2.16 bits per heavy atom. The number of anilines is 1. The van der Waals surface area contributed by atoms with Crippen molar-refractivity contribution >= 4 is 43.3 Å². The van der Waals surface area contributed by atoms with Crippen molar-refractivity contribution < 1.29 is 4.21 Å². The van der Waals surface area contributed by atoms with Crippen molar-refractivity contribution in [1.29, 1.82) is 0 Å². The van der Waals surface area contributed by atoms with Gasteiger partial charge >= 0.3 is 0 Å². The Bertz CT molecular complexity index is 603. The average molecular weight is 341 g/mol. The molecule has 0 fully saturated rings. The molecule has 0 spiro atoms. The molecule has 1 heterocycles. The summed E-state index contributed by atoms with van der Waals surface area (Å²) in [5, 5.41) is 5.78. The van der Waals surface area contributed by atoms with E-state index in [2.05, 4.69) is 32.3 Å². The average Bonchev–Trinajstić information content (AvgIpc) is 2.39. The Hall–Kier alpha value is -0.940. The molecule has 0 saturated carbocycles. The zero-order valence-corrected chi connectivity index (χ0v) is 13.4. The number of halogens is 1. The molecule has 0 aliphatic heterocycles. The molecule has 102 valence electrons. The summed E-state index contributed by atoms with van der Waals surface area (Å²) >= 11 is 3.55. The number of rotatable bonds is 5. The van der Waals surface area contributed by atoms with Gasteiger partial charge in [-0.05, 0) is 18.6 Å². The summed E-state index contributed by atoms with van der Waals surface area (Å²) in [6.45, 7) is 2.78. The van der Waals surface area contributed by atoms with Crippen molar-refractivity contribution in [2.24, 2.45) is 0 Å². The third kappa shape index (κ3) is 3.54. The van der Waals surface area contributed by atoms with E-state index in [1.54, 1.807) is 12.5 Å². The minimum absolute atomic E-state index is 0.203. The number of hydrogen-bond donors (Lipinski definition) is 1. The minimum atomic E-state index is -0.767. The lowest BCUT2D eigenvalue weighted by Crippen LogP contribution is -2.15. The maximum absolute atomic E-state index is 11.3. The molecule has 1 N–H and O–H groups in total. The lowest BCUT2D eigenvalue weighted by molar-refractivity contribution is 0.672. The van der Waals surface area contributed by atoms with Crippen LogP contribution in [0.15, 0.2) is 34.9 Å². The van der Waals surface area contributed by atoms with E-state index in [0.29, 0.717) is 0 Å². The van der Waals surface area contributed by atoms with E-state index >= 15 is 0 Å². The van der Waals surface area contributed by atoms with Crippen LogP contribution in [0.5, 0.6) is 0 Å². The van der Waals surface area contributed by atoms with E-state index in [1.807, 2.05) is 25.1 Å². The third-order valence-corrected chi connectivity index (χ3v) is 5.22. The van der Waals surface area contributed by atoms with Crippen molar-refractivity contribution in [3.8, 4) is 0 Å². The topological polar surface area (TPSA) is 42.0 Å². The molecule has 1 aromatic heterocycles. The molecule has 0 saturated heterocycles. The molecule has 0 radical (unpaired) electrons. The van der Waals surface area contributed by atoms with E-state index in [0.717, 1.165) is 34.0 Å².